The van der Waals surface area contributed by atoms with Crippen LogP contribution >= 0.6 is 0 Å². The fourth-order valence-corrected chi connectivity index (χ4v) is 3.48. The second-order valence-electron chi connectivity index (χ2n) is 4.49. The molecule has 0 aromatic carbocycles. The largest absolute Gasteiger partial charge is 0.380 e. The number of hydrogen-bond acceptors (Lipinski definition) is 3. The summed E-state index contributed by atoms with van der Waals surface area (Å²) >= 11 is 0. The molecule has 0 aromatic heterocycles. The van der Waals surface area contributed by atoms with Crippen LogP contribution in [0.15, 0.2) is 0 Å². The smallest absolute Gasteiger partial charge is 0.147 e. The lowest BCUT2D eigenvalue weighted by molar-refractivity contribution is -0.0227. The monoisotopic (exact) mass is 236 g/mol. The van der Waals surface area contributed by atoms with Crippen molar-refractivity contribution in [3.8, 4) is 0 Å². The Balaban J connectivity index is 2.29. The van der Waals surface area contributed by atoms with Crippen molar-refractivity contribution < 1.29 is 13.2 Å². The van der Waals surface area contributed by atoms with Crippen LogP contribution in [0.5, 0.6) is 0 Å². The first kappa shape index (κ1) is 12.2. The Bertz CT molecular complexity index is 268. The summed E-state index contributed by atoms with van der Waals surface area (Å²) in [5.41, 5.74) is 0. The molecule has 1 aliphatic rings. The molecule has 1 unspecified atom stereocenters. The number of ether oxygens (including phenoxy) is 1. The van der Waals surface area contributed by atoms with Crippen LogP contribution in [0.3, 0.4) is 0 Å². The molecule has 0 bridgehead atoms. The Hall–Kier alpha value is 0.127. The Morgan fingerprint density at radius 1 is 1.43 bits per heavy atom. The summed E-state index contributed by atoms with van der Waals surface area (Å²) in [6, 6.07) is 0. The van der Waals surface area contributed by atoms with Gasteiger partial charge in [-0.25, -0.2) is 8.42 Å². The topological polar surface area (TPSA) is 43.4 Å². The zero-order valence-electron chi connectivity index (χ0n) is 9.08. The molecule has 0 radical (unpaired) electrons. The number of rotatable bonds is 4. The van der Waals surface area contributed by atoms with Crippen LogP contribution in [0.2, 0.25) is 0 Å². The van der Waals surface area contributed by atoms with Gasteiger partial charge < -0.3 is 4.74 Å². The zero-order valence-corrected chi connectivity index (χ0v) is 11.9. The van der Waals surface area contributed by atoms with Gasteiger partial charge in [0.2, 0.25) is 0 Å². The predicted octanol–water partition coefficient (Wildman–Crippen LogP) is 0.0734. The van der Waals surface area contributed by atoms with Gasteiger partial charge in [-0.05, 0) is 32.1 Å². The Labute approximate surface area is 89.6 Å². The zero-order chi connectivity index (χ0) is 10.7. The maximum absolute atomic E-state index is 10.9. The molecule has 1 heterocycles. The molecule has 5 heteroatoms. The van der Waals surface area contributed by atoms with Crippen LogP contribution in [0.1, 0.15) is 32.1 Å². The van der Waals surface area contributed by atoms with Crippen LogP contribution in [0.4, 0.5) is 0 Å². The van der Waals surface area contributed by atoms with E-state index in [1.165, 1.54) is 12.7 Å². The van der Waals surface area contributed by atoms with E-state index in [1.54, 1.807) is 0 Å². The third-order valence-corrected chi connectivity index (χ3v) is 5.09. The van der Waals surface area contributed by atoms with Gasteiger partial charge in [0.05, 0.1) is 0 Å². The molecule has 0 amide bonds. The highest BCUT2D eigenvalue weighted by Gasteiger charge is 2.27. The molecule has 0 N–H and O–H groups in total. The molecular weight excluding hydrogens is 216 g/mol. The van der Waals surface area contributed by atoms with Gasteiger partial charge in [0.1, 0.15) is 9.84 Å². The van der Waals surface area contributed by atoms with Gasteiger partial charge in [0.25, 0.3) is 0 Å². The van der Waals surface area contributed by atoms with Crippen molar-refractivity contribution >= 4 is 20.1 Å². The summed E-state index contributed by atoms with van der Waals surface area (Å²) in [6.07, 6.45) is 6.50. The SMILES string of the molecule is CS(=O)(=O)CCCC1([SiH3])CCCCO1. The van der Waals surface area contributed by atoms with Gasteiger partial charge in [-0.15, -0.1) is 0 Å². The fourth-order valence-electron chi connectivity index (χ4n) is 1.90. The van der Waals surface area contributed by atoms with Crippen LogP contribution in [-0.2, 0) is 14.6 Å². The lowest BCUT2D eigenvalue weighted by atomic mass is 10.0. The molecular formula is C9H20O3SSi. The molecule has 3 nitrogen and oxygen atoms in total. The van der Waals surface area contributed by atoms with Gasteiger partial charge in [-0.3, -0.25) is 0 Å². The summed E-state index contributed by atoms with van der Waals surface area (Å²) in [5, 5.41) is 0.0724. The lowest BCUT2D eigenvalue weighted by Crippen LogP contribution is -2.37. The highest BCUT2D eigenvalue weighted by Crippen LogP contribution is 2.26. The number of hydrogen-bond donors (Lipinski definition) is 0. The molecule has 1 aliphatic heterocycles. The molecule has 1 fully saturated rings. The van der Waals surface area contributed by atoms with Crippen molar-refractivity contribution in [3.63, 3.8) is 0 Å². The number of sulfone groups is 1. The Kier molecular flexibility index (Phi) is 4.15. The lowest BCUT2D eigenvalue weighted by Gasteiger charge is -2.34. The first-order valence-corrected chi connectivity index (χ1v) is 8.29. The van der Waals surface area contributed by atoms with E-state index in [0.717, 1.165) is 42.5 Å². The third-order valence-electron chi connectivity index (χ3n) is 2.77. The molecule has 1 rings (SSSR count). The molecule has 0 spiro atoms. The molecule has 0 aliphatic carbocycles. The Morgan fingerprint density at radius 2 is 2.14 bits per heavy atom. The van der Waals surface area contributed by atoms with E-state index in [9.17, 15) is 8.42 Å². The van der Waals surface area contributed by atoms with Gasteiger partial charge in [-0.1, -0.05) is 0 Å². The van der Waals surface area contributed by atoms with Crippen molar-refractivity contribution in [3.05, 3.63) is 0 Å². The standard InChI is InChI=1S/C9H20O3SSi/c1-13(10,11)8-4-6-9(14)5-2-3-7-12-9/h2-8H2,1,14H3. The van der Waals surface area contributed by atoms with E-state index in [2.05, 4.69) is 0 Å². The van der Waals surface area contributed by atoms with E-state index in [1.807, 2.05) is 0 Å². The summed E-state index contributed by atoms with van der Waals surface area (Å²) in [5.74, 6) is 0.306. The van der Waals surface area contributed by atoms with Crippen LogP contribution in [-0.4, -0.2) is 42.5 Å². The minimum Gasteiger partial charge on any atom is -0.380 e. The molecule has 84 valence electrons. The van der Waals surface area contributed by atoms with Crippen molar-refractivity contribution in [1.29, 1.82) is 0 Å². The highest BCUT2D eigenvalue weighted by molar-refractivity contribution is 7.90. The predicted molar refractivity (Wildman–Crippen MR) is 61.4 cm³/mol. The normalized spacial score (nSPS) is 29.2. The van der Waals surface area contributed by atoms with E-state index >= 15 is 0 Å². The van der Waals surface area contributed by atoms with Crippen molar-refractivity contribution in [1.82, 2.24) is 0 Å². The minimum atomic E-state index is -2.79. The van der Waals surface area contributed by atoms with E-state index in [4.69, 9.17) is 4.74 Å². The van der Waals surface area contributed by atoms with Crippen LogP contribution < -0.4 is 0 Å². The van der Waals surface area contributed by atoms with Crippen molar-refractivity contribution in [2.75, 3.05) is 18.6 Å². The van der Waals surface area contributed by atoms with Gasteiger partial charge in [0.15, 0.2) is 0 Å². The van der Waals surface area contributed by atoms with Gasteiger partial charge >= 0.3 is 0 Å². The van der Waals surface area contributed by atoms with E-state index < -0.39 is 9.84 Å². The molecule has 1 atom stereocenters. The highest BCUT2D eigenvalue weighted by atomic mass is 32.2. The summed E-state index contributed by atoms with van der Waals surface area (Å²) in [7, 11) is -1.78. The Morgan fingerprint density at radius 3 is 2.64 bits per heavy atom. The maximum Gasteiger partial charge on any atom is 0.147 e. The molecule has 1 saturated heterocycles. The third kappa shape index (κ3) is 4.57. The van der Waals surface area contributed by atoms with E-state index in [0.29, 0.717) is 5.75 Å². The fraction of sp³-hybridized carbons (Fsp3) is 1.00. The van der Waals surface area contributed by atoms with Gasteiger partial charge in [0, 0.05) is 34.1 Å². The molecule has 14 heavy (non-hydrogen) atoms. The molecule has 0 aromatic rings. The summed E-state index contributed by atoms with van der Waals surface area (Å²) < 4.78 is 27.6. The summed E-state index contributed by atoms with van der Waals surface area (Å²) in [4.78, 5) is 0. The second kappa shape index (κ2) is 4.77. The first-order valence-electron chi connectivity index (χ1n) is 5.23. The average molecular weight is 236 g/mol. The molecule has 0 saturated carbocycles. The maximum atomic E-state index is 10.9. The van der Waals surface area contributed by atoms with Crippen LogP contribution in [0, 0.1) is 0 Å². The van der Waals surface area contributed by atoms with Crippen molar-refractivity contribution in [2.45, 2.75) is 37.3 Å². The van der Waals surface area contributed by atoms with Gasteiger partial charge in [-0.2, -0.15) is 0 Å². The first-order chi connectivity index (χ1) is 6.41. The summed E-state index contributed by atoms with van der Waals surface area (Å²) in [6.45, 7) is 0.863. The van der Waals surface area contributed by atoms with Crippen molar-refractivity contribution in [2.24, 2.45) is 0 Å². The minimum absolute atomic E-state index is 0.0724. The average Bonchev–Trinajstić information content (AvgIpc) is 2.02. The van der Waals surface area contributed by atoms with Crippen LogP contribution in [0.25, 0.3) is 0 Å². The quantitative estimate of drug-likeness (QED) is 0.649. The van der Waals surface area contributed by atoms with E-state index in [-0.39, 0.29) is 5.22 Å². The second-order valence-corrected chi connectivity index (χ2v) is 8.57.